The first-order valence-corrected chi connectivity index (χ1v) is 5.73. The smallest absolute Gasteiger partial charge is 0.0590 e. The molecule has 0 radical (unpaired) electrons. The number of nitrogens with one attached hydrogen (secondary N) is 1. The molecule has 1 aliphatic rings. The molecule has 0 bridgehead atoms. The van der Waals surface area contributed by atoms with Crippen molar-refractivity contribution in [3.63, 3.8) is 0 Å². The Bertz CT molecular complexity index is 173. The van der Waals surface area contributed by atoms with Crippen molar-refractivity contribution < 1.29 is 4.74 Å². The van der Waals surface area contributed by atoms with Crippen LogP contribution in [0.5, 0.6) is 0 Å². The molecule has 1 rings (SSSR count). The van der Waals surface area contributed by atoms with E-state index >= 15 is 0 Å². The molecule has 0 aromatic carbocycles. The summed E-state index contributed by atoms with van der Waals surface area (Å²) in [5.41, 5.74) is 1.01. The molecule has 0 spiro atoms. The fraction of sp³-hybridized carbons (Fsp3) is 1.00. The van der Waals surface area contributed by atoms with Crippen LogP contribution in [0.15, 0.2) is 0 Å². The van der Waals surface area contributed by atoms with Gasteiger partial charge >= 0.3 is 0 Å². The van der Waals surface area contributed by atoms with E-state index in [1.54, 1.807) is 0 Å². The third-order valence-corrected chi connectivity index (χ3v) is 4.30. The van der Waals surface area contributed by atoms with Gasteiger partial charge in [-0.15, -0.1) is 0 Å². The average Bonchev–Trinajstić information content (AvgIpc) is 2.46. The third kappa shape index (κ3) is 2.12. The highest BCUT2D eigenvalue weighted by atomic mass is 16.5. The summed E-state index contributed by atoms with van der Waals surface area (Å²) < 4.78 is 5.28. The molecule has 14 heavy (non-hydrogen) atoms. The predicted molar refractivity (Wildman–Crippen MR) is 60.4 cm³/mol. The highest BCUT2D eigenvalue weighted by molar-refractivity contribution is 5.12. The van der Waals surface area contributed by atoms with Crippen LogP contribution in [0.1, 0.15) is 34.6 Å². The molecule has 0 saturated heterocycles. The first-order valence-electron chi connectivity index (χ1n) is 5.73. The first-order chi connectivity index (χ1) is 6.44. The molecule has 2 heteroatoms. The van der Waals surface area contributed by atoms with Crippen LogP contribution in [0, 0.1) is 16.7 Å². The quantitative estimate of drug-likeness (QED) is 0.663. The maximum Gasteiger partial charge on any atom is 0.0590 e. The standard InChI is InChI=1S/C12H25NO/c1-6-14-8-7-13-9-10-11(2,3)12(10,4)5/h10,13H,6-9H2,1-5H3. The van der Waals surface area contributed by atoms with Crippen molar-refractivity contribution in [2.45, 2.75) is 34.6 Å². The van der Waals surface area contributed by atoms with E-state index in [1.807, 2.05) is 6.92 Å². The van der Waals surface area contributed by atoms with Crippen molar-refractivity contribution in [2.24, 2.45) is 16.7 Å². The summed E-state index contributed by atoms with van der Waals surface area (Å²) in [5.74, 6) is 0.816. The first kappa shape index (κ1) is 12.0. The lowest BCUT2D eigenvalue weighted by atomic mass is 10.0. The van der Waals surface area contributed by atoms with Gasteiger partial charge in [0, 0.05) is 13.2 Å². The van der Waals surface area contributed by atoms with Crippen LogP contribution < -0.4 is 5.32 Å². The molecular formula is C12H25NO. The van der Waals surface area contributed by atoms with E-state index in [9.17, 15) is 0 Å². The Hall–Kier alpha value is -0.0800. The Morgan fingerprint density at radius 2 is 1.71 bits per heavy atom. The Morgan fingerprint density at radius 3 is 2.14 bits per heavy atom. The van der Waals surface area contributed by atoms with Crippen LogP contribution in [0.4, 0.5) is 0 Å². The zero-order valence-corrected chi connectivity index (χ0v) is 10.3. The molecule has 0 heterocycles. The molecule has 0 atom stereocenters. The highest BCUT2D eigenvalue weighted by Gasteiger charge is 2.63. The van der Waals surface area contributed by atoms with Gasteiger partial charge < -0.3 is 10.1 Å². The molecule has 84 valence electrons. The van der Waals surface area contributed by atoms with Crippen LogP contribution in [-0.4, -0.2) is 26.3 Å². The minimum atomic E-state index is 0.506. The van der Waals surface area contributed by atoms with E-state index in [0.717, 1.165) is 32.2 Å². The van der Waals surface area contributed by atoms with Gasteiger partial charge in [0.25, 0.3) is 0 Å². The van der Waals surface area contributed by atoms with Crippen LogP contribution in [0.25, 0.3) is 0 Å². The molecule has 1 N–H and O–H groups in total. The monoisotopic (exact) mass is 199 g/mol. The fourth-order valence-electron chi connectivity index (χ4n) is 2.38. The van der Waals surface area contributed by atoms with Crippen molar-refractivity contribution in [3.8, 4) is 0 Å². The summed E-state index contributed by atoms with van der Waals surface area (Å²) in [6, 6.07) is 0. The Morgan fingerprint density at radius 1 is 1.14 bits per heavy atom. The largest absolute Gasteiger partial charge is 0.380 e. The van der Waals surface area contributed by atoms with Gasteiger partial charge in [-0.2, -0.15) is 0 Å². The molecule has 0 amide bonds. The SMILES string of the molecule is CCOCCNCC1C(C)(C)C1(C)C. The van der Waals surface area contributed by atoms with Gasteiger partial charge in [0.05, 0.1) is 6.61 Å². The maximum atomic E-state index is 5.28. The molecule has 0 unspecified atom stereocenters. The molecule has 0 aliphatic heterocycles. The summed E-state index contributed by atoms with van der Waals surface area (Å²) in [5, 5.41) is 3.47. The molecule has 1 aliphatic carbocycles. The van der Waals surface area contributed by atoms with Gasteiger partial charge in [-0.05, 0) is 30.2 Å². The van der Waals surface area contributed by atoms with E-state index in [4.69, 9.17) is 4.74 Å². The van der Waals surface area contributed by atoms with Crippen molar-refractivity contribution in [2.75, 3.05) is 26.3 Å². The maximum absolute atomic E-state index is 5.28. The lowest BCUT2D eigenvalue weighted by molar-refractivity contribution is 0.149. The lowest BCUT2D eigenvalue weighted by Gasteiger charge is -2.05. The lowest BCUT2D eigenvalue weighted by Crippen LogP contribution is -2.23. The molecular weight excluding hydrogens is 174 g/mol. The molecule has 1 fully saturated rings. The summed E-state index contributed by atoms with van der Waals surface area (Å²) in [6.45, 7) is 15.3. The van der Waals surface area contributed by atoms with E-state index in [1.165, 1.54) is 0 Å². The molecule has 2 nitrogen and oxygen atoms in total. The van der Waals surface area contributed by atoms with Gasteiger partial charge in [0.1, 0.15) is 0 Å². The van der Waals surface area contributed by atoms with Crippen molar-refractivity contribution >= 4 is 0 Å². The zero-order chi connectivity index (χ0) is 10.8. The fourth-order valence-corrected chi connectivity index (χ4v) is 2.38. The average molecular weight is 199 g/mol. The molecule has 1 saturated carbocycles. The van der Waals surface area contributed by atoms with Crippen molar-refractivity contribution in [1.29, 1.82) is 0 Å². The van der Waals surface area contributed by atoms with Crippen LogP contribution in [-0.2, 0) is 4.74 Å². The van der Waals surface area contributed by atoms with Crippen molar-refractivity contribution in [3.05, 3.63) is 0 Å². The van der Waals surface area contributed by atoms with Crippen LogP contribution in [0.2, 0.25) is 0 Å². The van der Waals surface area contributed by atoms with E-state index < -0.39 is 0 Å². The van der Waals surface area contributed by atoms with E-state index in [0.29, 0.717) is 10.8 Å². The normalized spacial score (nSPS) is 23.8. The number of hydrogen-bond donors (Lipinski definition) is 1. The summed E-state index contributed by atoms with van der Waals surface area (Å²) in [6.07, 6.45) is 0. The molecule has 0 aromatic heterocycles. The minimum absolute atomic E-state index is 0.506. The Balaban J connectivity index is 2.10. The second-order valence-electron chi connectivity index (χ2n) is 5.40. The van der Waals surface area contributed by atoms with Gasteiger partial charge in [0.15, 0.2) is 0 Å². The van der Waals surface area contributed by atoms with Crippen molar-refractivity contribution in [1.82, 2.24) is 5.32 Å². The Kier molecular flexibility index (Phi) is 3.59. The summed E-state index contributed by atoms with van der Waals surface area (Å²) in [7, 11) is 0. The zero-order valence-electron chi connectivity index (χ0n) is 10.3. The van der Waals surface area contributed by atoms with Gasteiger partial charge in [0.2, 0.25) is 0 Å². The summed E-state index contributed by atoms with van der Waals surface area (Å²) >= 11 is 0. The summed E-state index contributed by atoms with van der Waals surface area (Å²) in [4.78, 5) is 0. The van der Waals surface area contributed by atoms with Gasteiger partial charge in [-0.25, -0.2) is 0 Å². The topological polar surface area (TPSA) is 21.3 Å². The van der Waals surface area contributed by atoms with Gasteiger partial charge in [-0.1, -0.05) is 27.7 Å². The third-order valence-electron chi connectivity index (χ3n) is 4.30. The predicted octanol–water partition coefficient (Wildman–Crippen LogP) is 2.29. The number of rotatable bonds is 6. The second-order valence-corrected chi connectivity index (χ2v) is 5.40. The number of ether oxygens (including phenoxy) is 1. The van der Waals surface area contributed by atoms with Crippen LogP contribution >= 0.6 is 0 Å². The Labute approximate surface area is 88.4 Å². The van der Waals surface area contributed by atoms with E-state index in [-0.39, 0.29) is 0 Å². The second kappa shape index (κ2) is 4.19. The molecule has 0 aromatic rings. The van der Waals surface area contributed by atoms with Gasteiger partial charge in [-0.3, -0.25) is 0 Å². The van der Waals surface area contributed by atoms with E-state index in [2.05, 4.69) is 33.0 Å². The number of hydrogen-bond acceptors (Lipinski definition) is 2. The van der Waals surface area contributed by atoms with Crippen LogP contribution in [0.3, 0.4) is 0 Å². The minimum Gasteiger partial charge on any atom is -0.380 e. The highest BCUT2D eigenvalue weighted by Crippen LogP contribution is 2.67.